The van der Waals surface area contributed by atoms with Gasteiger partial charge in [0, 0.05) is 25.7 Å². The van der Waals surface area contributed by atoms with Gasteiger partial charge < -0.3 is 20.6 Å². The molecule has 2 bridgehead atoms. The quantitative estimate of drug-likeness (QED) is 0.686. The van der Waals surface area contributed by atoms with E-state index in [2.05, 4.69) is 6.07 Å². The summed E-state index contributed by atoms with van der Waals surface area (Å²) in [5, 5.41) is 18.5. The van der Waals surface area contributed by atoms with Crippen LogP contribution in [0, 0.1) is 11.3 Å². The van der Waals surface area contributed by atoms with Crippen molar-refractivity contribution < 1.29 is 19.5 Å². The Kier molecular flexibility index (Phi) is 5.14. The highest BCUT2D eigenvalue weighted by molar-refractivity contribution is 5.89. The average molecular weight is 438 g/mol. The predicted molar refractivity (Wildman–Crippen MR) is 113 cm³/mol. The third-order valence-corrected chi connectivity index (χ3v) is 7.52. The fraction of sp³-hybridized carbons (Fsp3) is 0.565. The summed E-state index contributed by atoms with van der Waals surface area (Å²) < 4.78 is 0. The van der Waals surface area contributed by atoms with Gasteiger partial charge in [0.25, 0.3) is 0 Å². The van der Waals surface area contributed by atoms with E-state index in [1.165, 1.54) is 0 Å². The number of hydrogen-bond acceptors (Lipinski definition) is 6. The first-order valence-corrected chi connectivity index (χ1v) is 11.3. The van der Waals surface area contributed by atoms with Crippen molar-refractivity contribution in [2.45, 2.75) is 62.3 Å². The van der Waals surface area contributed by atoms with E-state index in [0.29, 0.717) is 26.1 Å². The number of nitrogens with two attached hydrogens (primary N) is 1. The average Bonchev–Trinajstić information content (AvgIpc) is 3.55. The number of rotatable bonds is 5. The smallest absolute Gasteiger partial charge is 0.335 e. The first-order chi connectivity index (χ1) is 15.4. The molecule has 9 heteroatoms. The van der Waals surface area contributed by atoms with E-state index in [0.717, 1.165) is 36.8 Å². The number of carbonyl (C=O) groups is 3. The number of likely N-dealkylation sites (tertiary alicyclic amines) is 3. The van der Waals surface area contributed by atoms with Crippen LogP contribution in [0.3, 0.4) is 0 Å². The summed E-state index contributed by atoms with van der Waals surface area (Å²) in [5.41, 5.74) is 8.55. The van der Waals surface area contributed by atoms with Crippen LogP contribution in [0.2, 0.25) is 0 Å². The minimum absolute atomic E-state index is 0.0196. The number of nitrogens with zero attached hydrogens (tertiary/aromatic N) is 4. The number of nitriles is 1. The van der Waals surface area contributed by atoms with Gasteiger partial charge in [-0.05, 0) is 55.4 Å². The summed E-state index contributed by atoms with van der Waals surface area (Å²) in [6.45, 7) is 1.56. The Bertz CT molecular complexity index is 1020. The second kappa shape index (κ2) is 7.87. The molecule has 0 aromatic heterocycles. The molecular weight excluding hydrogens is 410 g/mol. The van der Waals surface area contributed by atoms with Crippen molar-refractivity contribution >= 4 is 17.8 Å². The first kappa shape index (κ1) is 20.9. The normalized spacial score (nSPS) is 29.9. The van der Waals surface area contributed by atoms with E-state index in [9.17, 15) is 24.8 Å². The van der Waals surface area contributed by atoms with Gasteiger partial charge in [0.15, 0.2) is 0 Å². The molecular formula is C23H27N5O4. The monoisotopic (exact) mass is 437 g/mol. The zero-order valence-electron chi connectivity index (χ0n) is 17.8. The van der Waals surface area contributed by atoms with E-state index in [1.807, 2.05) is 15.9 Å². The van der Waals surface area contributed by atoms with Crippen LogP contribution in [0.25, 0.3) is 0 Å². The Hall–Kier alpha value is -2.96. The van der Waals surface area contributed by atoms with Crippen molar-refractivity contribution in [2.24, 2.45) is 5.73 Å². The van der Waals surface area contributed by atoms with Gasteiger partial charge in [-0.25, -0.2) is 4.79 Å². The second-order valence-corrected chi connectivity index (χ2v) is 9.30. The SMILES string of the molecule is N#CC1CCCN1C(=O)C(N)CN1C[C@@H]2CC1C(=O)N2C1CCc2cc(C(=O)O)ccc21. The molecule has 3 fully saturated rings. The van der Waals surface area contributed by atoms with Crippen LogP contribution in [-0.4, -0.2) is 81.4 Å². The van der Waals surface area contributed by atoms with Gasteiger partial charge in [-0.15, -0.1) is 0 Å². The lowest BCUT2D eigenvalue weighted by atomic mass is 10.0. The van der Waals surface area contributed by atoms with E-state index < -0.39 is 18.1 Å². The number of hydrogen-bond donors (Lipinski definition) is 2. The molecule has 0 spiro atoms. The molecule has 4 unspecified atom stereocenters. The standard InChI is InChI=1S/C23H27N5O4/c24-10-15-2-1-7-27(15)21(29)18(25)12-26-11-16-9-20(26)22(30)28(16)19-6-4-13-8-14(23(31)32)3-5-17(13)19/h3,5,8,15-16,18-20H,1-2,4,6-7,9,11-12,25H2,(H,31,32)/t15?,16-,18?,19?,20?/m0/s1. The number of carboxylic acid groups (broad SMARTS) is 1. The van der Waals surface area contributed by atoms with Crippen molar-refractivity contribution in [3.8, 4) is 6.07 Å². The van der Waals surface area contributed by atoms with Gasteiger partial charge in [-0.3, -0.25) is 14.5 Å². The van der Waals surface area contributed by atoms with Gasteiger partial charge >= 0.3 is 5.97 Å². The number of carboxylic acids is 1. The maximum absolute atomic E-state index is 13.3. The Labute approximate surface area is 186 Å². The third-order valence-electron chi connectivity index (χ3n) is 7.52. The van der Waals surface area contributed by atoms with Crippen molar-refractivity contribution in [3.63, 3.8) is 0 Å². The van der Waals surface area contributed by atoms with Crippen LogP contribution in [0.5, 0.6) is 0 Å². The highest BCUT2D eigenvalue weighted by Gasteiger charge is 2.53. The molecule has 4 aliphatic rings. The molecule has 3 saturated heterocycles. The highest BCUT2D eigenvalue weighted by atomic mass is 16.4. The molecule has 1 aliphatic carbocycles. The summed E-state index contributed by atoms with van der Waals surface area (Å²) in [5.74, 6) is -1.08. The number of carbonyl (C=O) groups excluding carboxylic acids is 2. The van der Waals surface area contributed by atoms with Crippen LogP contribution >= 0.6 is 0 Å². The van der Waals surface area contributed by atoms with Crippen molar-refractivity contribution in [1.29, 1.82) is 5.26 Å². The second-order valence-electron chi connectivity index (χ2n) is 9.30. The topological polar surface area (TPSA) is 131 Å². The van der Waals surface area contributed by atoms with E-state index >= 15 is 0 Å². The summed E-state index contributed by atoms with van der Waals surface area (Å²) in [4.78, 5) is 42.9. The third kappa shape index (κ3) is 3.26. The first-order valence-electron chi connectivity index (χ1n) is 11.3. The Morgan fingerprint density at radius 2 is 2.09 bits per heavy atom. The van der Waals surface area contributed by atoms with Crippen LogP contribution in [0.4, 0.5) is 0 Å². The fourth-order valence-electron chi connectivity index (χ4n) is 6.03. The van der Waals surface area contributed by atoms with Crippen LogP contribution in [0.1, 0.15) is 53.2 Å². The van der Waals surface area contributed by atoms with E-state index in [4.69, 9.17) is 5.73 Å². The van der Waals surface area contributed by atoms with Crippen molar-refractivity contribution in [2.75, 3.05) is 19.6 Å². The molecule has 2 amide bonds. The van der Waals surface area contributed by atoms with E-state index in [1.54, 1.807) is 17.0 Å². The van der Waals surface area contributed by atoms with Gasteiger partial charge in [0.05, 0.1) is 29.8 Å². The molecule has 3 heterocycles. The predicted octanol–water partition coefficient (Wildman–Crippen LogP) is 0.499. The lowest BCUT2D eigenvalue weighted by Gasteiger charge is -2.38. The van der Waals surface area contributed by atoms with Gasteiger partial charge in [-0.1, -0.05) is 6.07 Å². The number of aromatic carboxylic acids is 1. The molecule has 5 atom stereocenters. The zero-order valence-corrected chi connectivity index (χ0v) is 17.8. The van der Waals surface area contributed by atoms with E-state index in [-0.39, 0.29) is 35.5 Å². The Morgan fingerprint density at radius 3 is 2.81 bits per heavy atom. The molecule has 9 nitrogen and oxygen atoms in total. The van der Waals surface area contributed by atoms with Crippen molar-refractivity contribution in [1.82, 2.24) is 14.7 Å². The molecule has 1 aromatic carbocycles. The summed E-state index contributed by atoms with van der Waals surface area (Å²) >= 11 is 0. The van der Waals surface area contributed by atoms with Crippen LogP contribution in [-0.2, 0) is 16.0 Å². The molecule has 0 saturated carbocycles. The summed E-state index contributed by atoms with van der Waals surface area (Å²) in [7, 11) is 0. The maximum atomic E-state index is 13.3. The lowest BCUT2D eigenvalue weighted by molar-refractivity contribution is -0.141. The van der Waals surface area contributed by atoms with Gasteiger partial charge in [-0.2, -0.15) is 5.26 Å². The fourth-order valence-corrected chi connectivity index (χ4v) is 6.03. The molecule has 3 aliphatic heterocycles. The van der Waals surface area contributed by atoms with Crippen LogP contribution < -0.4 is 5.73 Å². The zero-order chi connectivity index (χ0) is 22.6. The summed E-state index contributed by atoms with van der Waals surface area (Å²) in [6.07, 6.45) is 3.80. The minimum Gasteiger partial charge on any atom is -0.478 e. The molecule has 5 rings (SSSR count). The maximum Gasteiger partial charge on any atom is 0.335 e. The number of benzene rings is 1. The number of amides is 2. The largest absolute Gasteiger partial charge is 0.478 e. The number of aryl methyl sites for hydroxylation is 1. The summed E-state index contributed by atoms with van der Waals surface area (Å²) in [6, 6.07) is 6.00. The molecule has 32 heavy (non-hydrogen) atoms. The highest BCUT2D eigenvalue weighted by Crippen LogP contribution is 2.44. The van der Waals surface area contributed by atoms with Crippen LogP contribution in [0.15, 0.2) is 18.2 Å². The molecule has 0 radical (unpaired) electrons. The Balaban J connectivity index is 1.25. The molecule has 168 valence electrons. The lowest BCUT2D eigenvalue weighted by Crippen LogP contribution is -2.56. The van der Waals surface area contributed by atoms with Gasteiger partial charge in [0.1, 0.15) is 6.04 Å². The number of piperazine rings is 1. The minimum atomic E-state index is -0.941. The number of fused-ring (bicyclic) bond motifs is 3. The Morgan fingerprint density at radius 1 is 1.28 bits per heavy atom. The van der Waals surface area contributed by atoms with Gasteiger partial charge in [0.2, 0.25) is 11.8 Å². The van der Waals surface area contributed by atoms with Crippen molar-refractivity contribution in [3.05, 3.63) is 34.9 Å². The molecule has 1 aromatic rings. The molecule has 3 N–H and O–H groups in total.